The fraction of sp³-hybridized carbons (Fsp3) is 0.542. The zero-order chi connectivity index (χ0) is 28.4. The van der Waals surface area contributed by atoms with E-state index in [9.17, 15) is 24.0 Å². The summed E-state index contributed by atoms with van der Waals surface area (Å²) in [5.41, 5.74) is 0.318. The van der Waals surface area contributed by atoms with Crippen molar-refractivity contribution in [1.82, 2.24) is 0 Å². The van der Waals surface area contributed by atoms with Crippen molar-refractivity contribution in [2.75, 3.05) is 26.6 Å². The van der Waals surface area contributed by atoms with Crippen molar-refractivity contribution in [3.8, 4) is 5.75 Å². The lowest BCUT2D eigenvalue weighted by molar-refractivity contribution is -0.204. The van der Waals surface area contributed by atoms with Gasteiger partial charge in [-0.3, -0.25) is 14.4 Å². The number of hydrogen-bond acceptors (Lipinski definition) is 12. The zero-order valence-corrected chi connectivity index (χ0v) is 24.6. The largest absolute Gasteiger partial charge is 0.469 e. The lowest BCUT2D eigenvalue weighted by Crippen LogP contribution is -2.44. The molecule has 1 aliphatic heterocycles. The Hall–Kier alpha value is -2.39. The normalized spacial score (nSPS) is 17.9. The van der Waals surface area contributed by atoms with Gasteiger partial charge in [-0.25, -0.2) is 9.59 Å². The molecule has 1 fully saturated rings. The Morgan fingerprint density at radius 1 is 1.08 bits per heavy atom. The molecular formula is C24H33IO11S. The number of hydrogen-bond donors (Lipinski definition) is 0. The van der Waals surface area contributed by atoms with Crippen LogP contribution in [0.25, 0.3) is 0 Å². The van der Waals surface area contributed by atoms with Crippen LogP contribution < -0.4 is 4.74 Å². The summed E-state index contributed by atoms with van der Waals surface area (Å²) in [6.45, 7) is 6.81. The zero-order valence-electron chi connectivity index (χ0n) is 21.6. The van der Waals surface area contributed by atoms with E-state index < -0.39 is 36.4 Å². The number of ether oxygens (including phenoxy) is 6. The molecule has 1 aromatic rings. The number of rotatable bonds is 9. The van der Waals surface area contributed by atoms with E-state index in [0.29, 0.717) is 12.0 Å². The molecule has 0 aromatic heterocycles. The van der Waals surface area contributed by atoms with E-state index in [0.717, 1.165) is 0 Å². The minimum atomic E-state index is -0.997. The predicted molar refractivity (Wildman–Crippen MR) is 144 cm³/mol. The van der Waals surface area contributed by atoms with Gasteiger partial charge in [0.2, 0.25) is 6.29 Å². The van der Waals surface area contributed by atoms with Crippen molar-refractivity contribution in [1.29, 1.82) is 0 Å². The topological polar surface area (TPSA) is 141 Å². The van der Waals surface area contributed by atoms with E-state index in [1.807, 2.05) is 13.8 Å². The molecule has 1 heterocycles. The molecule has 3 atom stereocenters. The second-order valence-electron chi connectivity index (χ2n) is 6.92. The van der Waals surface area contributed by atoms with E-state index in [1.54, 1.807) is 0 Å². The van der Waals surface area contributed by atoms with Gasteiger partial charge < -0.3 is 28.4 Å². The van der Waals surface area contributed by atoms with Crippen LogP contribution in [-0.4, -0.2) is 75.2 Å². The first kappa shape index (κ1) is 34.6. The van der Waals surface area contributed by atoms with Gasteiger partial charge in [-0.05, 0) is 39.4 Å². The van der Waals surface area contributed by atoms with Crippen LogP contribution in [0, 0.1) is 0 Å². The Labute approximate surface area is 232 Å². The van der Waals surface area contributed by atoms with Crippen molar-refractivity contribution in [3.63, 3.8) is 0 Å². The molecule has 0 radical (unpaired) electrons. The van der Waals surface area contributed by atoms with E-state index in [2.05, 4.69) is 25.9 Å². The van der Waals surface area contributed by atoms with Gasteiger partial charge in [0.15, 0.2) is 6.10 Å². The third kappa shape index (κ3) is 13.6. The first-order valence-electron chi connectivity index (χ1n) is 11.3. The van der Waals surface area contributed by atoms with Crippen molar-refractivity contribution in [2.24, 2.45) is 0 Å². The highest BCUT2D eigenvalue weighted by Gasteiger charge is 2.37. The maximum absolute atomic E-state index is 12.5. The van der Waals surface area contributed by atoms with E-state index in [1.165, 1.54) is 55.2 Å². The number of methoxy groups -OCH3 is 2. The molecule has 1 saturated heterocycles. The molecule has 3 unspecified atom stereocenters. The van der Waals surface area contributed by atoms with Crippen LogP contribution in [0.15, 0.2) is 18.2 Å². The summed E-state index contributed by atoms with van der Waals surface area (Å²) < 4.78 is 30.7. The quantitative estimate of drug-likeness (QED) is 0.125. The van der Waals surface area contributed by atoms with Crippen molar-refractivity contribution < 1.29 is 52.4 Å². The van der Waals surface area contributed by atoms with E-state index in [-0.39, 0.29) is 42.3 Å². The van der Waals surface area contributed by atoms with Crippen molar-refractivity contribution >= 4 is 60.3 Å². The van der Waals surface area contributed by atoms with Crippen LogP contribution in [-0.2, 0) is 38.1 Å². The second kappa shape index (κ2) is 19.7. The van der Waals surface area contributed by atoms with Crippen LogP contribution in [0.4, 0.5) is 0 Å². The Balaban J connectivity index is 0.00000165. The average Bonchev–Trinajstić information content (AvgIpc) is 2.89. The molecule has 0 amide bonds. The number of aldehydes is 1. The molecule has 2 rings (SSSR count). The van der Waals surface area contributed by atoms with Gasteiger partial charge in [-0.2, -0.15) is 0 Å². The van der Waals surface area contributed by atoms with Gasteiger partial charge >= 0.3 is 23.9 Å². The van der Waals surface area contributed by atoms with Crippen LogP contribution in [0.5, 0.6) is 5.75 Å². The Morgan fingerprint density at radius 3 is 2.24 bits per heavy atom. The second-order valence-corrected chi connectivity index (χ2v) is 9.41. The number of halogens is 1. The lowest BCUT2D eigenvalue weighted by Gasteiger charge is -2.33. The molecular weight excluding hydrogens is 623 g/mol. The summed E-state index contributed by atoms with van der Waals surface area (Å²) in [6.07, 6.45) is -1.76. The first-order chi connectivity index (χ1) is 17.6. The fourth-order valence-electron chi connectivity index (χ4n) is 2.80. The molecule has 37 heavy (non-hydrogen) atoms. The highest BCUT2D eigenvalue weighted by molar-refractivity contribution is 14.2. The smallest absolute Gasteiger partial charge is 0.341 e. The molecule has 0 aliphatic carbocycles. The minimum absolute atomic E-state index is 0.0471. The Morgan fingerprint density at radius 2 is 1.73 bits per heavy atom. The third-order valence-electron chi connectivity index (χ3n) is 4.34. The maximum Gasteiger partial charge on any atom is 0.341 e. The SMILES string of the molecule is CC.COC(=O)C1CC(OC(C)=O)CC(Oc2ccc(C=O)cc2C(=O)OCCSI)O1.COC(C)=O. The Kier molecular flexibility index (Phi) is 18.4. The summed E-state index contributed by atoms with van der Waals surface area (Å²) >= 11 is 2.09. The number of carbonyl (C=O) groups excluding carboxylic acids is 5. The number of carbonyl (C=O) groups is 5. The van der Waals surface area contributed by atoms with Gasteiger partial charge in [0.1, 0.15) is 30.3 Å². The van der Waals surface area contributed by atoms with Gasteiger partial charge in [0.25, 0.3) is 0 Å². The highest BCUT2D eigenvalue weighted by Crippen LogP contribution is 2.29. The highest BCUT2D eigenvalue weighted by atomic mass is 127. The molecule has 11 nitrogen and oxygen atoms in total. The summed E-state index contributed by atoms with van der Waals surface area (Å²) in [5.74, 6) is -1.32. The first-order valence-corrected chi connectivity index (χ1v) is 14.8. The summed E-state index contributed by atoms with van der Waals surface area (Å²) in [6, 6.07) is 4.27. The molecule has 0 spiro atoms. The number of benzene rings is 1. The van der Waals surface area contributed by atoms with Gasteiger partial charge in [-0.1, -0.05) is 22.8 Å². The average molecular weight is 656 g/mol. The molecule has 13 heteroatoms. The maximum atomic E-state index is 12.5. The summed E-state index contributed by atoms with van der Waals surface area (Å²) in [5, 5.41) is 0. The minimum Gasteiger partial charge on any atom is -0.469 e. The van der Waals surface area contributed by atoms with Crippen molar-refractivity contribution in [3.05, 3.63) is 29.3 Å². The van der Waals surface area contributed by atoms with Crippen molar-refractivity contribution in [2.45, 2.75) is 59.0 Å². The predicted octanol–water partition coefficient (Wildman–Crippen LogP) is 3.93. The molecule has 0 bridgehead atoms. The molecule has 1 aromatic carbocycles. The molecule has 0 saturated carbocycles. The monoisotopic (exact) mass is 656 g/mol. The van der Waals surface area contributed by atoms with Gasteiger partial charge in [-0.15, -0.1) is 0 Å². The summed E-state index contributed by atoms with van der Waals surface area (Å²) in [4.78, 5) is 56.5. The number of esters is 4. The standard InChI is InChI=1S/C19H21IO9S.C3H6O2.C2H6/c1-11(22)27-13-8-16(19(24)25-2)29-17(9-13)28-15-4-3-12(10-21)7-14(15)18(23)26-5-6-30-20;1-3(4)5-2;1-2/h3-4,7,10,13,16-17H,5-6,8-9H2,1-2H3;1-2H3;1-2H3. The van der Waals surface area contributed by atoms with Gasteiger partial charge in [0, 0.05) is 38.0 Å². The Bertz CT molecular complexity index is 893. The van der Waals surface area contributed by atoms with Crippen LogP contribution >= 0.6 is 30.1 Å². The molecule has 208 valence electrons. The fourth-order valence-corrected chi connectivity index (χ4v) is 3.49. The van der Waals surface area contributed by atoms with Crippen LogP contribution in [0.1, 0.15) is 61.3 Å². The van der Waals surface area contributed by atoms with Crippen LogP contribution in [0.3, 0.4) is 0 Å². The lowest BCUT2D eigenvalue weighted by atomic mass is 10.0. The molecule has 0 N–H and O–H groups in total. The summed E-state index contributed by atoms with van der Waals surface area (Å²) in [7, 11) is 4.06. The van der Waals surface area contributed by atoms with Crippen LogP contribution in [0.2, 0.25) is 0 Å². The van der Waals surface area contributed by atoms with E-state index >= 15 is 0 Å². The third-order valence-corrected chi connectivity index (χ3v) is 5.99. The van der Waals surface area contributed by atoms with E-state index in [4.69, 9.17) is 23.7 Å². The molecule has 1 aliphatic rings. The van der Waals surface area contributed by atoms with Gasteiger partial charge in [0.05, 0.1) is 14.2 Å².